The molecule has 0 unspecified atom stereocenters. The van der Waals surface area contributed by atoms with Crippen LogP contribution in [0.4, 0.5) is 10.2 Å². The van der Waals surface area contributed by atoms with E-state index in [1.807, 2.05) is 0 Å². The van der Waals surface area contributed by atoms with Crippen molar-refractivity contribution in [1.82, 2.24) is 20.2 Å². The molecule has 0 saturated carbocycles. The van der Waals surface area contributed by atoms with Crippen molar-refractivity contribution in [1.29, 1.82) is 0 Å². The lowest BCUT2D eigenvalue weighted by Crippen LogP contribution is -1.88. The fourth-order valence-corrected chi connectivity index (χ4v) is 1.95. The molecule has 0 bridgehead atoms. The van der Waals surface area contributed by atoms with Gasteiger partial charge in [-0.2, -0.15) is 5.10 Å². The maximum absolute atomic E-state index is 13.3. The average molecular weight is 296 g/mol. The molecule has 1 aromatic carbocycles. The molecule has 0 aliphatic carbocycles. The van der Waals surface area contributed by atoms with Crippen molar-refractivity contribution in [3.63, 3.8) is 0 Å². The predicted octanol–water partition coefficient (Wildman–Crippen LogP) is 2.44. The molecule has 5 nitrogen and oxygen atoms in total. The molecule has 0 saturated heterocycles. The monoisotopic (exact) mass is 295 g/mol. The third-order valence-corrected chi connectivity index (χ3v) is 3.06. The minimum atomic E-state index is -0.340. The first-order valence-corrected chi connectivity index (χ1v) is 5.58. The number of nitrogens with two attached hydrogens (primary N) is 1. The van der Waals surface area contributed by atoms with Gasteiger partial charge in [-0.25, -0.2) is 9.37 Å². The van der Waals surface area contributed by atoms with Crippen molar-refractivity contribution in [2.45, 2.75) is 0 Å². The number of rotatable bonds is 1. The van der Waals surface area contributed by atoms with Gasteiger partial charge < -0.3 is 10.7 Å². The number of nitrogens with one attached hydrogen (secondary N) is 2. The fourth-order valence-electron chi connectivity index (χ4n) is 1.62. The van der Waals surface area contributed by atoms with E-state index in [0.717, 1.165) is 0 Å². The van der Waals surface area contributed by atoms with Crippen molar-refractivity contribution in [2.75, 3.05) is 5.73 Å². The van der Waals surface area contributed by atoms with Crippen LogP contribution in [0.1, 0.15) is 0 Å². The summed E-state index contributed by atoms with van der Waals surface area (Å²) in [5.41, 5.74) is 7.63. The second kappa shape index (κ2) is 3.56. The summed E-state index contributed by atoms with van der Waals surface area (Å²) in [6, 6.07) is 2.99. The number of nitrogens with zero attached hydrogens (tertiary/aromatic N) is 2. The number of aromatic amines is 2. The smallest absolute Gasteiger partial charge is 0.143 e. The molecule has 0 aliphatic rings. The average Bonchev–Trinajstić information content (AvgIpc) is 2.85. The van der Waals surface area contributed by atoms with E-state index < -0.39 is 0 Å². The van der Waals surface area contributed by atoms with Crippen LogP contribution >= 0.6 is 15.9 Å². The standard InChI is InChI=1S/C10H7BrFN5/c11-5-1-7-8(2-6(5)12)16-10(15-7)4-3-14-17-9(4)13/h1-3H,(H,15,16)(H3,13,14,17). The molecular weight excluding hydrogens is 289 g/mol. The van der Waals surface area contributed by atoms with Crippen LogP contribution in [0.3, 0.4) is 0 Å². The first kappa shape index (κ1) is 10.3. The van der Waals surface area contributed by atoms with Crippen LogP contribution in [0.2, 0.25) is 0 Å². The van der Waals surface area contributed by atoms with E-state index in [1.54, 1.807) is 12.3 Å². The maximum atomic E-state index is 13.3. The van der Waals surface area contributed by atoms with E-state index in [1.165, 1.54) is 6.07 Å². The molecule has 0 aliphatic heterocycles. The van der Waals surface area contributed by atoms with Gasteiger partial charge in [0.05, 0.1) is 27.3 Å². The van der Waals surface area contributed by atoms with Crippen molar-refractivity contribution >= 4 is 32.8 Å². The summed E-state index contributed by atoms with van der Waals surface area (Å²) in [6.45, 7) is 0. The summed E-state index contributed by atoms with van der Waals surface area (Å²) in [5.74, 6) is 0.639. The second-order valence-electron chi connectivity index (χ2n) is 3.57. The quantitative estimate of drug-likeness (QED) is 0.645. The van der Waals surface area contributed by atoms with Gasteiger partial charge in [0, 0.05) is 6.07 Å². The Labute approximate surface area is 103 Å². The van der Waals surface area contributed by atoms with E-state index in [9.17, 15) is 4.39 Å². The summed E-state index contributed by atoms with van der Waals surface area (Å²) in [4.78, 5) is 7.32. The normalized spacial score (nSPS) is 11.2. The van der Waals surface area contributed by atoms with Crippen molar-refractivity contribution in [3.05, 3.63) is 28.6 Å². The van der Waals surface area contributed by atoms with Crippen LogP contribution in [-0.2, 0) is 0 Å². The number of hydrogen-bond donors (Lipinski definition) is 3. The van der Waals surface area contributed by atoms with Gasteiger partial charge >= 0.3 is 0 Å². The number of benzene rings is 1. The van der Waals surface area contributed by atoms with Crippen molar-refractivity contribution in [3.8, 4) is 11.4 Å². The van der Waals surface area contributed by atoms with Gasteiger partial charge in [-0.1, -0.05) is 0 Å². The number of fused-ring (bicyclic) bond motifs is 1. The maximum Gasteiger partial charge on any atom is 0.143 e. The number of anilines is 1. The highest BCUT2D eigenvalue weighted by molar-refractivity contribution is 9.10. The minimum absolute atomic E-state index is 0.340. The van der Waals surface area contributed by atoms with E-state index in [4.69, 9.17) is 5.73 Å². The van der Waals surface area contributed by atoms with E-state index in [2.05, 4.69) is 36.1 Å². The first-order valence-electron chi connectivity index (χ1n) is 4.79. The van der Waals surface area contributed by atoms with Crippen molar-refractivity contribution in [2.24, 2.45) is 0 Å². The van der Waals surface area contributed by atoms with Crippen LogP contribution in [0.25, 0.3) is 22.4 Å². The lowest BCUT2D eigenvalue weighted by atomic mass is 10.3. The zero-order valence-corrected chi connectivity index (χ0v) is 10.0. The van der Waals surface area contributed by atoms with Gasteiger partial charge in [-0.15, -0.1) is 0 Å². The topological polar surface area (TPSA) is 83.4 Å². The Morgan fingerprint density at radius 1 is 1.35 bits per heavy atom. The zero-order chi connectivity index (χ0) is 12.0. The molecule has 7 heteroatoms. The Hall–Kier alpha value is -1.89. The van der Waals surface area contributed by atoms with E-state index >= 15 is 0 Å². The molecule has 0 atom stereocenters. The summed E-state index contributed by atoms with van der Waals surface area (Å²) < 4.78 is 13.7. The third-order valence-electron chi connectivity index (χ3n) is 2.45. The van der Waals surface area contributed by atoms with Crippen LogP contribution in [0.15, 0.2) is 22.8 Å². The van der Waals surface area contributed by atoms with Gasteiger partial charge in [0.2, 0.25) is 0 Å². The van der Waals surface area contributed by atoms with E-state index in [-0.39, 0.29) is 5.82 Å². The number of hydrogen-bond acceptors (Lipinski definition) is 3. The molecule has 86 valence electrons. The molecule has 0 fully saturated rings. The Balaban J connectivity index is 2.24. The SMILES string of the molecule is Nc1[nH]ncc1-c1nc2cc(Br)c(F)cc2[nH]1. The molecule has 0 radical (unpaired) electrons. The number of imidazole rings is 1. The fraction of sp³-hybridized carbons (Fsp3) is 0. The Bertz CT molecular complexity index is 663. The number of H-pyrrole nitrogens is 2. The molecule has 17 heavy (non-hydrogen) atoms. The Kier molecular flexibility index (Phi) is 2.15. The summed E-state index contributed by atoms with van der Waals surface area (Å²) in [7, 11) is 0. The molecule has 0 spiro atoms. The van der Waals surface area contributed by atoms with Crippen LogP contribution < -0.4 is 5.73 Å². The summed E-state index contributed by atoms with van der Waals surface area (Å²) >= 11 is 3.12. The first-order chi connectivity index (χ1) is 8.15. The molecule has 3 rings (SSSR count). The lowest BCUT2D eigenvalue weighted by Gasteiger charge is -1.92. The van der Waals surface area contributed by atoms with Crippen LogP contribution in [0.5, 0.6) is 0 Å². The van der Waals surface area contributed by atoms with Gasteiger partial charge in [0.25, 0.3) is 0 Å². The number of nitrogen functional groups attached to an aromatic ring is 1. The second-order valence-corrected chi connectivity index (χ2v) is 4.42. The third kappa shape index (κ3) is 1.59. The minimum Gasteiger partial charge on any atom is -0.383 e. The van der Waals surface area contributed by atoms with Gasteiger partial charge in [0.15, 0.2) is 0 Å². The van der Waals surface area contributed by atoms with Gasteiger partial charge in [0.1, 0.15) is 17.5 Å². The molecule has 3 aromatic rings. The highest BCUT2D eigenvalue weighted by atomic mass is 79.9. The van der Waals surface area contributed by atoms with Crippen LogP contribution in [-0.4, -0.2) is 20.2 Å². The predicted molar refractivity (Wildman–Crippen MR) is 65.7 cm³/mol. The Morgan fingerprint density at radius 3 is 2.88 bits per heavy atom. The van der Waals surface area contributed by atoms with Crippen molar-refractivity contribution < 1.29 is 4.39 Å². The summed E-state index contributed by atoms with van der Waals surface area (Å²) in [5, 5.41) is 6.43. The molecule has 4 N–H and O–H groups in total. The number of halogens is 2. The van der Waals surface area contributed by atoms with E-state index in [0.29, 0.717) is 32.7 Å². The van der Waals surface area contributed by atoms with Gasteiger partial charge in [-0.3, -0.25) is 5.10 Å². The molecule has 0 amide bonds. The largest absolute Gasteiger partial charge is 0.383 e. The highest BCUT2D eigenvalue weighted by Crippen LogP contribution is 2.26. The molecule has 2 aromatic heterocycles. The van der Waals surface area contributed by atoms with Crippen LogP contribution in [0, 0.1) is 5.82 Å². The lowest BCUT2D eigenvalue weighted by molar-refractivity contribution is 0.623. The van der Waals surface area contributed by atoms with Gasteiger partial charge in [-0.05, 0) is 22.0 Å². The highest BCUT2D eigenvalue weighted by Gasteiger charge is 2.11. The molecule has 2 heterocycles. The molecular formula is C10H7BrFN5. The Morgan fingerprint density at radius 2 is 2.18 bits per heavy atom. The summed E-state index contributed by atoms with van der Waals surface area (Å²) in [6.07, 6.45) is 1.57. The number of aromatic nitrogens is 4. The zero-order valence-electron chi connectivity index (χ0n) is 8.46.